The van der Waals surface area contributed by atoms with Gasteiger partial charge in [0.05, 0.1) is 12.1 Å². The Bertz CT molecular complexity index is 1130. The van der Waals surface area contributed by atoms with Crippen molar-refractivity contribution in [2.75, 3.05) is 28.6 Å². The summed E-state index contributed by atoms with van der Waals surface area (Å²) in [7, 11) is 0. The van der Waals surface area contributed by atoms with Crippen LogP contribution in [-0.2, 0) is 10.2 Å². The molecule has 2 aromatic rings. The summed E-state index contributed by atoms with van der Waals surface area (Å²) in [6, 6.07) is 6.40. The van der Waals surface area contributed by atoms with Crippen LogP contribution in [0.25, 0.3) is 0 Å². The van der Waals surface area contributed by atoms with Gasteiger partial charge in [-0.05, 0) is 61.1 Å². The molecule has 8 heteroatoms. The fourth-order valence-electron chi connectivity index (χ4n) is 5.96. The van der Waals surface area contributed by atoms with Gasteiger partial charge in [-0.25, -0.2) is 4.98 Å². The van der Waals surface area contributed by atoms with Gasteiger partial charge < -0.3 is 21.3 Å². The molecule has 2 aliphatic carbocycles. The van der Waals surface area contributed by atoms with Gasteiger partial charge in [0.25, 0.3) is 0 Å². The average Bonchev–Trinajstić information content (AvgIpc) is 3.37. The number of benzene rings is 1. The minimum Gasteiger partial charge on any atom is -0.372 e. The fraction of sp³-hybridized carbons (Fsp3) is 0.500. The standard InChI is InChI=1S/C26H33ClN6O/c1-4-33-11-5-10-26(2,3)18-9-8-17(13-20(18)33)30-25-29-14-19(27)24(32-25)31-22-16-7-6-15(12-16)21(22)23(28)34/h6-9,13-16,21-22H,4-5,10-12H2,1-3H3,(H2,28,34)(H2,29,30,31,32)/t15-,16+,21+,22-/m1/s1. The van der Waals surface area contributed by atoms with Crippen molar-refractivity contribution in [2.45, 2.75) is 51.5 Å². The zero-order valence-electron chi connectivity index (χ0n) is 20.0. The van der Waals surface area contributed by atoms with Crippen LogP contribution in [0.2, 0.25) is 5.02 Å². The maximum absolute atomic E-state index is 12.1. The number of aromatic nitrogens is 2. The first-order chi connectivity index (χ1) is 16.3. The number of hydrogen-bond acceptors (Lipinski definition) is 6. The van der Waals surface area contributed by atoms with Gasteiger partial charge in [-0.1, -0.05) is 43.7 Å². The first-order valence-corrected chi connectivity index (χ1v) is 12.6. The lowest BCUT2D eigenvalue weighted by Gasteiger charge is -2.29. The molecule has 1 aromatic heterocycles. The summed E-state index contributed by atoms with van der Waals surface area (Å²) in [5, 5.41) is 7.17. The molecule has 7 nitrogen and oxygen atoms in total. The third-order valence-electron chi connectivity index (χ3n) is 7.77. The molecule has 180 valence electrons. The van der Waals surface area contributed by atoms with Gasteiger partial charge in [0.1, 0.15) is 5.02 Å². The number of rotatable bonds is 6. The smallest absolute Gasteiger partial charge is 0.229 e. The molecule has 0 radical (unpaired) electrons. The first kappa shape index (κ1) is 23.0. The molecule has 1 aromatic carbocycles. The monoisotopic (exact) mass is 480 g/mol. The van der Waals surface area contributed by atoms with E-state index < -0.39 is 0 Å². The molecule has 2 heterocycles. The molecule has 4 N–H and O–H groups in total. The second kappa shape index (κ2) is 8.77. The topological polar surface area (TPSA) is 96.2 Å². The first-order valence-electron chi connectivity index (χ1n) is 12.2. The number of nitrogens with two attached hydrogens (primary N) is 1. The number of nitrogens with one attached hydrogen (secondary N) is 2. The van der Waals surface area contributed by atoms with Gasteiger partial charge in [0.15, 0.2) is 5.82 Å². The van der Waals surface area contributed by atoms with E-state index in [1.165, 1.54) is 24.1 Å². The Morgan fingerprint density at radius 2 is 2.09 bits per heavy atom. The molecule has 2 bridgehead atoms. The number of primary amides is 1. The van der Waals surface area contributed by atoms with Gasteiger partial charge in [-0.15, -0.1) is 0 Å². The number of carbonyl (C=O) groups excluding carboxylic acids is 1. The van der Waals surface area contributed by atoms with Crippen LogP contribution in [-0.4, -0.2) is 35.0 Å². The summed E-state index contributed by atoms with van der Waals surface area (Å²) in [5.74, 6) is 0.859. The van der Waals surface area contributed by atoms with Crippen molar-refractivity contribution in [2.24, 2.45) is 23.5 Å². The van der Waals surface area contributed by atoms with Gasteiger partial charge in [-0.3, -0.25) is 4.79 Å². The van der Waals surface area contributed by atoms with E-state index in [0.717, 1.165) is 25.2 Å². The third kappa shape index (κ3) is 4.11. The lowest BCUT2D eigenvalue weighted by atomic mass is 9.80. The minimum atomic E-state index is -0.286. The van der Waals surface area contributed by atoms with Crippen LogP contribution in [0.15, 0.2) is 36.5 Å². The van der Waals surface area contributed by atoms with E-state index in [2.05, 4.69) is 76.6 Å². The Hall–Kier alpha value is -2.80. The third-order valence-corrected chi connectivity index (χ3v) is 8.05. The van der Waals surface area contributed by atoms with Crippen molar-refractivity contribution in [3.05, 3.63) is 47.1 Å². The predicted octanol–water partition coefficient (Wildman–Crippen LogP) is 4.86. The number of hydrogen-bond donors (Lipinski definition) is 3. The molecule has 4 atom stereocenters. The lowest BCUT2D eigenvalue weighted by molar-refractivity contribution is -0.122. The second-order valence-electron chi connectivity index (χ2n) is 10.4. The van der Waals surface area contributed by atoms with E-state index in [-0.39, 0.29) is 35.1 Å². The SMILES string of the molecule is CCN1CCCC(C)(C)c2ccc(Nc3ncc(Cl)c(N[C@H]4[C@@H](C(N)=O)[C@@H]5C=C[C@H]4C5)n3)cc21. The Morgan fingerprint density at radius 1 is 1.29 bits per heavy atom. The Kier molecular flexibility index (Phi) is 5.92. The van der Waals surface area contributed by atoms with Crippen molar-refractivity contribution in [1.29, 1.82) is 0 Å². The van der Waals surface area contributed by atoms with Crippen molar-refractivity contribution >= 4 is 40.6 Å². The quantitative estimate of drug-likeness (QED) is 0.511. The highest BCUT2D eigenvalue weighted by Gasteiger charge is 2.47. The van der Waals surface area contributed by atoms with Gasteiger partial charge >= 0.3 is 0 Å². The molecule has 1 aliphatic heterocycles. The van der Waals surface area contributed by atoms with Gasteiger partial charge in [-0.2, -0.15) is 4.98 Å². The summed E-state index contributed by atoms with van der Waals surface area (Å²) < 4.78 is 0. The summed E-state index contributed by atoms with van der Waals surface area (Å²) in [4.78, 5) is 23.6. The van der Waals surface area contributed by atoms with Crippen molar-refractivity contribution in [1.82, 2.24) is 9.97 Å². The van der Waals surface area contributed by atoms with Crippen LogP contribution in [0.1, 0.15) is 45.6 Å². The molecular weight excluding hydrogens is 448 g/mol. The maximum Gasteiger partial charge on any atom is 0.229 e. The summed E-state index contributed by atoms with van der Waals surface area (Å²) in [5.41, 5.74) is 9.42. The molecular formula is C26H33ClN6O. The largest absolute Gasteiger partial charge is 0.372 e. The molecule has 3 aliphatic rings. The van der Waals surface area contributed by atoms with Crippen molar-refractivity contribution < 1.29 is 4.79 Å². The van der Waals surface area contributed by atoms with Crippen LogP contribution in [0.4, 0.5) is 23.1 Å². The normalized spacial score (nSPS) is 26.8. The summed E-state index contributed by atoms with van der Waals surface area (Å²) in [6.45, 7) is 8.87. The Labute approximate surface area is 206 Å². The minimum absolute atomic E-state index is 0.111. The molecule has 1 fully saturated rings. The number of allylic oxidation sites excluding steroid dienone is 1. The number of anilines is 4. The molecule has 5 rings (SSSR count). The van der Waals surface area contributed by atoms with E-state index in [1.807, 2.05) is 0 Å². The zero-order chi connectivity index (χ0) is 24.0. The molecule has 1 amide bonds. The van der Waals surface area contributed by atoms with E-state index in [1.54, 1.807) is 6.20 Å². The highest BCUT2D eigenvalue weighted by atomic mass is 35.5. The maximum atomic E-state index is 12.1. The Morgan fingerprint density at radius 3 is 2.85 bits per heavy atom. The fourth-order valence-corrected chi connectivity index (χ4v) is 6.11. The molecule has 0 saturated heterocycles. The number of fused-ring (bicyclic) bond motifs is 3. The van der Waals surface area contributed by atoms with Gasteiger partial charge in [0, 0.05) is 30.5 Å². The zero-order valence-corrected chi connectivity index (χ0v) is 20.8. The van der Waals surface area contributed by atoms with E-state index >= 15 is 0 Å². The van der Waals surface area contributed by atoms with Crippen LogP contribution >= 0.6 is 11.6 Å². The van der Waals surface area contributed by atoms with E-state index in [9.17, 15) is 4.79 Å². The molecule has 0 spiro atoms. The van der Waals surface area contributed by atoms with Gasteiger partial charge in [0.2, 0.25) is 11.9 Å². The van der Waals surface area contributed by atoms with Crippen LogP contribution in [0.3, 0.4) is 0 Å². The molecule has 34 heavy (non-hydrogen) atoms. The number of nitrogens with zero attached hydrogens (tertiary/aromatic N) is 3. The summed E-state index contributed by atoms with van der Waals surface area (Å²) >= 11 is 6.43. The van der Waals surface area contributed by atoms with E-state index in [0.29, 0.717) is 16.8 Å². The lowest BCUT2D eigenvalue weighted by Crippen LogP contribution is -2.41. The van der Waals surface area contributed by atoms with Crippen LogP contribution in [0.5, 0.6) is 0 Å². The average molecular weight is 481 g/mol. The highest BCUT2D eigenvalue weighted by Crippen LogP contribution is 2.45. The predicted molar refractivity (Wildman–Crippen MR) is 138 cm³/mol. The number of amides is 1. The Balaban J connectivity index is 1.40. The molecule has 1 saturated carbocycles. The second-order valence-corrected chi connectivity index (χ2v) is 10.8. The number of halogens is 1. The summed E-state index contributed by atoms with van der Waals surface area (Å²) in [6.07, 6.45) is 9.13. The van der Waals surface area contributed by atoms with E-state index in [4.69, 9.17) is 17.3 Å². The highest BCUT2D eigenvalue weighted by molar-refractivity contribution is 6.32. The molecule has 0 unspecified atom stereocenters. The van der Waals surface area contributed by atoms with Crippen molar-refractivity contribution in [3.8, 4) is 0 Å². The van der Waals surface area contributed by atoms with Crippen molar-refractivity contribution in [3.63, 3.8) is 0 Å². The van der Waals surface area contributed by atoms with Crippen LogP contribution in [0, 0.1) is 17.8 Å². The van der Waals surface area contributed by atoms with Crippen LogP contribution < -0.4 is 21.3 Å². The number of carbonyl (C=O) groups is 1.